The lowest BCUT2D eigenvalue weighted by atomic mass is 10.2. The summed E-state index contributed by atoms with van der Waals surface area (Å²) in [5.41, 5.74) is 0. The Morgan fingerprint density at radius 1 is 1.26 bits per heavy atom. The molecule has 106 valence electrons. The highest BCUT2D eigenvalue weighted by Gasteiger charge is 2.25. The lowest BCUT2D eigenvalue weighted by Crippen LogP contribution is -2.34. The number of likely N-dealkylation sites (N-methyl/N-ethyl adjacent to an activating group) is 1. The zero-order valence-corrected chi connectivity index (χ0v) is 12.1. The molecule has 0 spiro atoms. The molecule has 0 radical (unpaired) electrons. The quantitative estimate of drug-likeness (QED) is 0.794. The van der Waals surface area contributed by atoms with Crippen LogP contribution in [0.15, 0.2) is 24.3 Å². The molecule has 1 aliphatic rings. The predicted octanol–water partition coefficient (Wildman–Crippen LogP) is 1.76. The van der Waals surface area contributed by atoms with Crippen LogP contribution in [-0.2, 0) is 0 Å². The van der Waals surface area contributed by atoms with Crippen LogP contribution in [0.25, 0.3) is 0 Å². The van der Waals surface area contributed by atoms with E-state index in [4.69, 9.17) is 9.47 Å². The standard InChI is InChI=1S/C15H24N2O2/c1-12-10-13(11-17(12)2)16-8-9-19-15-6-4-14(18-3)5-7-15/h4-7,12-13,16H,8-11H2,1-3H3/t12-,13-/m1/s1. The van der Waals surface area contributed by atoms with Gasteiger partial charge in [-0.1, -0.05) is 0 Å². The van der Waals surface area contributed by atoms with Crippen LogP contribution in [0, 0.1) is 0 Å². The second kappa shape index (κ2) is 6.78. The van der Waals surface area contributed by atoms with E-state index < -0.39 is 0 Å². The van der Waals surface area contributed by atoms with Gasteiger partial charge in [-0.25, -0.2) is 0 Å². The molecule has 4 heteroatoms. The van der Waals surface area contributed by atoms with E-state index in [0.29, 0.717) is 18.7 Å². The Morgan fingerprint density at radius 2 is 1.95 bits per heavy atom. The molecule has 0 aromatic heterocycles. The summed E-state index contributed by atoms with van der Waals surface area (Å²) in [7, 11) is 3.85. The van der Waals surface area contributed by atoms with Gasteiger partial charge in [-0.05, 0) is 44.7 Å². The molecule has 1 fully saturated rings. The first-order valence-corrected chi connectivity index (χ1v) is 6.89. The van der Waals surface area contributed by atoms with E-state index in [0.717, 1.165) is 24.6 Å². The second-order valence-electron chi connectivity index (χ2n) is 5.20. The van der Waals surface area contributed by atoms with Crippen LogP contribution in [0.1, 0.15) is 13.3 Å². The van der Waals surface area contributed by atoms with Crippen molar-refractivity contribution in [3.8, 4) is 11.5 Å². The van der Waals surface area contributed by atoms with Crippen LogP contribution >= 0.6 is 0 Å². The van der Waals surface area contributed by atoms with E-state index in [2.05, 4.69) is 24.2 Å². The summed E-state index contributed by atoms with van der Waals surface area (Å²) in [5.74, 6) is 1.74. The van der Waals surface area contributed by atoms with Gasteiger partial charge in [-0.2, -0.15) is 0 Å². The third-order valence-corrected chi connectivity index (χ3v) is 3.75. The van der Waals surface area contributed by atoms with E-state index in [1.54, 1.807) is 7.11 Å². The van der Waals surface area contributed by atoms with Gasteiger partial charge < -0.3 is 19.7 Å². The molecule has 0 bridgehead atoms. The molecule has 0 unspecified atom stereocenters. The molecule has 1 aromatic rings. The average molecular weight is 264 g/mol. The Labute approximate surface area is 115 Å². The Morgan fingerprint density at radius 3 is 2.53 bits per heavy atom. The minimum Gasteiger partial charge on any atom is -0.497 e. The van der Waals surface area contributed by atoms with Crippen molar-refractivity contribution < 1.29 is 9.47 Å². The highest BCUT2D eigenvalue weighted by Crippen LogP contribution is 2.17. The zero-order chi connectivity index (χ0) is 13.7. The Bertz CT molecular complexity index is 370. The number of benzene rings is 1. The lowest BCUT2D eigenvalue weighted by Gasteiger charge is -2.13. The summed E-state index contributed by atoms with van der Waals surface area (Å²) < 4.78 is 10.8. The van der Waals surface area contributed by atoms with Crippen LogP contribution in [0.2, 0.25) is 0 Å². The molecular formula is C15H24N2O2. The number of ether oxygens (including phenoxy) is 2. The normalized spacial score (nSPS) is 23.5. The van der Waals surface area contributed by atoms with Crippen molar-refractivity contribution in [1.82, 2.24) is 10.2 Å². The molecule has 1 aliphatic heterocycles. The van der Waals surface area contributed by atoms with Crippen molar-refractivity contribution in [1.29, 1.82) is 0 Å². The Kier molecular flexibility index (Phi) is 5.05. The van der Waals surface area contributed by atoms with E-state index in [1.807, 2.05) is 24.3 Å². The summed E-state index contributed by atoms with van der Waals surface area (Å²) in [6.07, 6.45) is 1.22. The number of hydrogen-bond donors (Lipinski definition) is 1. The fraction of sp³-hybridized carbons (Fsp3) is 0.600. The van der Waals surface area contributed by atoms with E-state index in [9.17, 15) is 0 Å². The SMILES string of the molecule is COc1ccc(OCCN[C@@H]2C[C@@H](C)N(C)C2)cc1. The highest BCUT2D eigenvalue weighted by atomic mass is 16.5. The van der Waals surface area contributed by atoms with Gasteiger partial charge >= 0.3 is 0 Å². The van der Waals surface area contributed by atoms with Gasteiger partial charge in [0.15, 0.2) is 0 Å². The summed E-state index contributed by atoms with van der Waals surface area (Å²) in [4.78, 5) is 2.39. The van der Waals surface area contributed by atoms with Gasteiger partial charge in [-0.15, -0.1) is 0 Å². The number of nitrogens with one attached hydrogen (secondary N) is 1. The van der Waals surface area contributed by atoms with Gasteiger partial charge in [0, 0.05) is 25.2 Å². The van der Waals surface area contributed by atoms with Crippen LogP contribution in [0.3, 0.4) is 0 Å². The van der Waals surface area contributed by atoms with E-state index in [1.165, 1.54) is 6.42 Å². The smallest absolute Gasteiger partial charge is 0.119 e. The summed E-state index contributed by atoms with van der Waals surface area (Å²) in [6.45, 7) is 4.98. The maximum Gasteiger partial charge on any atom is 0.119 e. The molecule has 1 N–H and O–H groups in total. The van der Waals surface area contributed by atoms with Crippen molar-refractivity contribution in [2.75, 3.05) is 33.9 Å². The second-order valence-corrected chi connectivity index (χ2v) is 5.20. The zero-order valence-electron chi connectivity index (χ0n) is 12.1. The number of methoxy groups -OCH3 is 1. The third-order valence-electron chi connectivity index (χ3n) is 3.75. The molecule has 1 saturated heterocycles. The molecule has 0 amide bonds. The molecule has 1 aromatic carbocycles. The fourth-order valence-corrected chi connectivity index (χ4v) is 2.45. The van der Waals surface area contributed by atoms with Crippen LogP contribution in [-0.4, -0.2) is 50.8 Å². The van der Waals surface area contributed by atoms with Crippen LogP contribution in [0.5, 0.6) is 11.5 Å². The molecule has 0 aliphatic carbocycles. The molecule has 19 heavy (non-hydrogen) atoms. The van der Waals surface area contributed by atoms with Crippen LogP contribution in [0.4, 0.5) is 0 Å². The van der Waals surface area contributed by atoms with E-state index >= 15 is 0 Å². The van der Waals surface area contributed by atoms with Crippen molar-refractivity contribution in [3.05, 3.63) is 24.3 Å². The van der Waals surface area contributed by atoms with Crippen LogP contribution < -0.4 is 14.8 Å². The Hall–Kier alpha value is -1.26. The number of likely N-dealkylation sites (tertiary alicyclic amines) is 1. The topological polar surface area (TPSA) is 33.7 Å². The van der Waals surface area contributed by atoms with Crippen molar-refractivity contribution in [2.45, 2.75) is 25.4 Å². The van der Waals surface area contributed by atoms with Gasteiger partial charge in [0.2, 0.25) is 0 Å². The molecule has 0 saturated carbocycles. The first-order valence-electron chi connectivity index (χ1n) is 6.89. The highest BCUT2D eigenvalue weighted by molar-refractivity contribution is 5.31. The maximum atomic E-state index is 5.69. The van der Waals surface area contributed by atoms with Gasteiger partial charge in [0.05, 0.1) is 7.11 Å². The first-order chi connectivity index (χ1) is 9.19. The predicted molar refractivity (Wildman–Crippen MR) is 77.0 cm³/mol. The first kappa shape index (κ1) is 14.2. The monoisotopic (exact) mass is 264 g/mol. The lowest BCUT2D eigenvalue weighted by molar-refractivity contribution is 0.300. The third kappa shape index (κ3) is 4.11. The summed E-state index contributed by atoms with van der Waals surface area (Å²) in [6, 6.07) is 8.97. The van der Waals surface area contributed by atoms with Gasteiger partial charge in [0.25, 0.3) is 0 Å². The summed E-state index contributed by atoms with van der Waals surface area (Å²) in [5, 5.41) is 3.54. The molecule has 4 nitrogen and oxygen atoms in total. The fourth-order valence-electron chi connectivity index (χ4n) is 2.45. The number of nitrogens with zero attached hydrogens (tertiary/aromatic N) is 1. The largest absolute Gasteiger partial charge is 0.497 e. The molecule has 2 atom stereocenters. The number of rotatable bonds is 6. The molecular weight excluding hydrogens is 240 g/mol. The van der Waals surface area contributed by atoms with Gasteiger partial charge in [-0.3, -0.25) is 0 Å². The van der Waals surface area contributed by atoms with Crippen molar-refractivity contribution >= 4 is 0 Å². The molecule has 1 heterocycles. The van der Waals surface area contributed by atoms with Crippen molar-refractivity contribution in [2.24, 2.45) is 0 Å². The molecule has 2 rings (SSSR count). The minimum absolute atomic E-state index is 0.597. The minimum atomic E-state index is 0.597. The number of hydrogen-bond acceptors (Lipinski definition) is 4. The Balaban J connectivity index is 1.64. The average Bonchev–Trinajstić information content (AvgIpc) is 2.74. The van der Waals surface area contributed by atoms with E-state index in [-0.39, 0.29) is 0 Å². The van der Waals surface area contributed by atoms with Crippen molar-refractivity contribution in [3.63, 3.8) is 0 Å². The van der Waals surface area contributed by atoms with Gasteiger partial charge in [0.1, 0.15) is 18.1 Å². The summed E-state index contributed by atoms with van der Waals surface area (Å²) >= 11 is 0. The maximum absolute atomic E-state index is 5.69.